The van der Waals surface area contributed by atoms with Gasteiger partial charge in [-0.3, -0.25) is 9.59 Å². The molecule has 1 rings (SSSR count). The molecule has 0 N–H and O–H groups in total. The number of hydrogen-bond donors (Lipinski definition) is 0. The third-order valence-electron chi connectivity index (χ3n) is 2.27. The van der Waals surface area contributed by atoms with Crippen molar-refractivity contribution >= 4 is 11.6 Å². The second-order valence-electron chi connectivity index (χ2n) is 4.45. The number of hydrogen-bond acceptors (Lipinski definition) is 3. The normalized spacial score (nSPS) is 10.4. The summed E-state index contributed by atoms with van der Waals surface area (Å²) in [5.74, 6) is 0.520. The Labute approximate surface area is 102 Å². The van der Waals surface area contributed by atoms with Crippen molar-refractivity contribution in [3.05, 3.63) is 29.3 Å². The zero-order valence-electron chi connectivity index (χ0n) is 10.7. The van der Waals surface area contributed by atoms with E-state index in [1.165, 1.54) is 6.92 Å². The van der Waals surface area contributed by atoms with Gasteiger partial charge >= 0.3 is 0 Å². The number of rotatable bonds is 5. The van der Waals surface area contributed by atoms with Crippen molar-refractivity contribution in [2.75, 3.05) is 0 Å². The van der Waals surface area contributed by atoms with Crippen molar-refractivity contribution in [3.63, 3.8) is 0 Å². The summed E-state index contributed by atoms with van der Waals surface area (Å²) in [5.41, 5.74) is 1.47. The lowest BCUT2D eigenvalue weighted by Crippen LogP contribution is -2.08. The molecule has 0 atom stereocenters. The van der Waals surface area contributed by atoms with Crippen molar-refractivity contribution in [2.45, 2.75) is 40.2 Å². The number of ether oxygens (including phenoxy) is 1. The van der Waals surface area contributed by atoms with Crippen LogP contribution in [0.3, 0.4) is 0 Å². The monoisotopic (exact) mass is 234 g/mol. The van der Waals surface area contributed by atoms with Crippen molar-refractivity contribution in [3.8, 4) is 5.75 Å². The zero-order valence-corrected chi connectivity index (χ0v) is 10.7. The van der Waals surface area contributed by atoms with Gasteiger partial charge in [-0.25, -0.2) is 0 Å². The Bertz CT molecular complexity index is 433. The lowest BCUT2D eigenvalue weighted by atomic mass is 10.0. The molecule has 3 heteroatoms. The minimum Gasteiger partial charge on any atom is -0.491 e. The van der Waals surface area contributed by atoms with Crippen LogP contribution in [-0.2, 0) is 4.79 Å². The third-order valence-corrected chi connectivity index (χ3v) is 2.27. The zero-order chi connectivity index (χ0) is 13.0. The van der Waals surface area contributed by atoms with Crippen LogP contribution in [0.1, 0.15) is 43.1 Å². The molecule has 0 heterocycles. The van der Waals surface area contributed by atoms with Crippen LogP contribution in [0.25, 0.3) is 0 Å². The van der Waals surface area contributed by atoms with E-state index >= 15 is 0 Å². The average molecular weight is 234 g/mol. The standard InChI is InChI=1S/C14H18O3/c1-9(2)17-14-6-5-12(7-10(14)3)13(16)8-11(4)15/h5-7,9H,8H2,1-4H3. The highest BCUT2D eigenvalue weighted by Gasteiger charge is 2.11. The van der Waals surface area contributed by atoms with E-state index in [9.17, 15) is 9.59 Å². The summed E-state index contributed by atoms with van der Waals surface area (Å²) in [5, 5.41) is 0. The van der Waals surface area contributed by atoms with E-state index in [1.54, 1.807) is 18.2 Å². The van der Waals surface area contributed by atoms with Crippen molar-refractivity contribution in [1.29, 1.82) is 0 Å². The molecule has 0 aliphatic rings. The number of benzene rings is 1. The second-order valence-corrected chi connectivity index (χ2v) is 4.45. The second kappa shape index (κ2) is 5.62. The Morgan fingerprint density at radius 3 is 2.41 bits per heavy atom. The van der Waals surface area contributed by atoms with E-state index in [2.05, 4.69) is 0 Å². The van der Waals surface area contributed by atoms with Crippen LogP contribution in [0.4, 0.5) is 0 Å². The van der Waals surface area contributed by atoms with Crippen LogP contribution < -0.4 is 4.74 Å². The molecular formula is C14H18O3. The smallest absolute Gasteiger partial charge is 0.170 e. The maximum absolute atomic E-state index is 11.7. The van der Waals surface area contributed by atoms with Crippen LogP contribution in [-0.4, -0.2) is 17.7 Å². The van der Waals surface area contributed by atoms with Crippen molar-refractivity contribution < 1.29 is 14.3 Å². The molecule has 0 spiro atoms. The maximum atomic E-state index is 11.7. The number of carbonyl (C=O) groups excluding carboxylic acids is 2. The van der Waals surface area contributed by atoms with Crippen LogP contribution in [0.5, 0.6) is 5.75 Å². The topological polar surface area (TPSA) is 43.4 Å². The predicted octanol–water partition coefficient (Wildman–Crippen LogP) is 2.94. The molecule has 0 bridgehead atoms. The number of carbonyl (C=O) groups is 2. The molecule has 1 aromatic carbocycles. The minimum absolute atomic E-state index is 0.0379. The number of aryl methyl sites for hydroxylation is 1. The van der Waals surface area contributed by atoms with E-state index in [1.807, 2.05) is 20.8 Å². The first kappa shape index (κ1) is 13.4. The molecule has 0 fully saturated rings. The van der Waals surface area contributed by atoms with Crippen LogP contribution in [0.2, 0.25) is 0 Å². The molecule has 0 radical (unpaired) electrons. The number of Topliss-reactive ketones (excluding diaryl/α,β-unsaturated/α-hetero) is 2. The third kappa shape index (κ3) is 4.02. The lowest BCUT2D eigenvalue weighted by Gasteiger charge is -2.12. The highest BCUT2D eigenvalue weighted by Crippen LogP contribution is 2.21. The minimum atomic E-state index is -0.142. The quantitative estimate of drug-likeness (QED) is 0.581. The van der Waals surface area contributed by atoms with Crippen LogP contribution >= 0.6 is 0 Å². The van der Waals surface area contributed by atoms with Crippen molar-refractivity contribution in [1.82, 2.24) is 0 Å². The van der Waals surface area contributed by atoms with E-state index in [0.29, 0.717) is 5.56 Å². The first-order valence-electron chi connectivity index (χ1n) is 5.70. The van der Waals surface area contributed by atoms with E-state index in [4.69, 9.17) is 4.74 Å². The van der Waals surface area contributed by atoms with Gasteiger partial charge in [0.25, 0.3) is 0 Å². The molecule has 0 aromatic heterocycles. The molecule has 3 nitrogen and oxygen atoms in total. The molecule has 92 valence electrons. The van der Waals surface area contributed by atoms with Gasteiger partial charge in [-0.05, 0) is 51.5 Å². The van der Waals surface area contributed by atoms with Gasteiger partial charge in [0, 0.05) is 5.56 Å². The molecule has 17 heavy (non-hydrogen) atoms. The first-order chi connectivity index (χ1) is 7.90. The van der Waals surface area contributed by atoms with Gasteiger partial charge in [0.05, 0.1) is 12.5 Å². The summed E-state index contributed by atoms with van der Waals surface area (Å²) >= 11 is 0. The Kier molecular flexibility index (Phi) is 4.44. The molecular weight excluding hydrogens is 216 g/mol. The maximum Gasteiger partial charge on any atom is 0.170 e. The largest absolute Gasteiger partial charge is 0.491 e. The molecule has 0 amide bonds. The van der Waals surface area contributed by atoms with Gasteiger partial charge in [-0.1, -0.05) is 0 Å². The Hall–Kier alpha value is -1.64. The molecule has 0 saturated carbocycles. The summed E-state index contributed by atoms with van der Waals surface area (Å²) in [4.78, 5) is 22.6. The molecule has 1 aromatic rings. The molecule has 0 aliphatic carbocycles. The van der Waals surface area contributed by atoms with Gasteiger partial charge in [0.15, 0.2) is 5.78 Å². The molecule has 0 aliphatic heterocycles. The fourth-order valence-corrected chi connectivity index (χ4v) is 1.54. The van der Waals surface area contributed by atoms with Crippen LogP contribution in [0.15, 0.2) is 18.2 Å². The highest BCUT2D eigenvalue weighted by atomic mass is 16.5. The summed E-state index contributed by atoms with van der Waals surface area (Å²) in [7, 11) is 0. The summed E-state index contributed by atoms with van der Waals surface area (Å²) in [6.07, 6.45) is 0.0663. The lowest BCUT2D eigenvalue weighted by molar-refractivity contribution is -0.116. The molecule has 0 unspecified atom stereocenters. The van der Waals surface area contributed by atoms with Gasteiger partial charge in [-0.2, -0.15) is 0 Å². The summed E-state index contributed by atoms with van der Waals surface area (Å²) in [6.45, 7) is 7.21. The average Bonchev–Trinajstić information content (AvgIpc) is 2.19. The Morgan fingerprint density at radius 2 is 1.94 bits per heavy atom. The van der Waals surface area contributed by atoms with Crippen molar-refractivity contribution in [2.24, 2.45) is 0 Å². The molecule has 0 saturated heterocycles. The summed E-state index contributed by atoms with van der Waals surface area (Å²) < 4.78 is 5.58. The highest BCUT2D eigenvalue weighted by molar-refractivity contribution is 6.07. The van der Waals surface area contributed by atoms with Gasteiger partial charge in [-0.15, -0.1) is 0 Å². The van der Waals surface area contributed by atoms with Gasteiger partial charge in [0.2, 0.25) is 0 Å². The summed E-state index contributed by atoms with van der Waals surface area (Å²) in [6, 6.07) is 5.25. The van der Waals surface area contributed by atoms with E-state index in [0.717, 1.165) is 11.3 Å². The predicted molar refractivity (Wildman–Crippen MR) is 66.6 cm³/mol. The fraction of sp³-hybridized carbons (Fsp3) is 0.429. The van der Waals surface area contributed by atoms with E-state index in [-0.39, 0.29) is 24.1 Å². The van der Waals surface area contributed by atoms with Gasteiger partial charge in [0.1, 0.15) is 11.5 Å². The Balaban J connectivity index is 2.88. The first-order valence-corrected chi connectivity index (χ1v) is 5.70. The number of ketones is 2. The fourth-order valence-electron chi connectivity index (χ4n) is 1.54. The SMILES string of the molecule is CC(=O)CC(=O)c1ccc(OC(C)C)c(C)c1. The van der Waals surface area contributed by atoms with E-state index < -0.39 is 0 Å². The van der Waals surface area contributed by atoms with Crippen LogP contribution in [0, 0.1) is 6.92 Å². The Morgan fingerprint density at radius 1 is 1.29 bits per heavy atom. The van der Waals surface area contributed by atoms with Gasteiger partial charge < -0.3 is 4.74 Å².